The highest BCUT2D eigenvalue weighted by Gasteiger charge is 2.04. The standard InChI is InChI=1S/C7H6INO2/c1-4-2-5(8)3-6(9-4)7(10)11/h2-3H,1H3,(H,10,11). The van der Waals surface area contributed by atoms with Crippen molar-refractivity contribution in [3.63, 3.8) is 0 Å². The number of aromatic nitrogens is 1. The minimum Gasteiger partial charge on any atom is -0.477 e. The van der Waals surface area contributed by atoms with Gasteiger partial charge in [0.25, 0.3) is 0 Å². The first-order valence-electron chi connectivity index (χ1n) is 2.97. The molecule has 0 unspecified atom stereocenters. The van der Waals surface area contributed by atoms with Crippen molar-refractivity contribution in [1.29, 1.82) is 0 Å². The zero-order valence-electron chi connectivity index (χ0n) is 5.84. The van der Waals surface area contributed by atoms with Gasteiger partial charge < -0.3 is 5.11 Å². The van der Waals surface area contributed by atoms with E-state index in [0.717, 1.165) is 9.26 Å². The van der Waals surface area contributed by atoms with Gasteiger partial charge >= 0.3 is 5.97 Å². The van der Waals surface area contributed by atoms with E-state index in [4.69, 9.17) is 5.11 Å². The summed E-state index contributed by atoms with van der Waals surface area (Å²) in [7, 11) is 0. The summed E-state index contributed by atoms with van der Waals surface area (Å²) < 4.78 is 0.896. The molecule has 0 bridgehead atoms. The number of aryl methyl sites for hydroxylation is 1. The average molecular weight is 263 g/mol. The molecule has 1 rings (SSSR count). The zero-order valence-corrected chi connectivity index (χ0v) is 7.99. The van der Waals surface area contributed by atoms with Crippen molar-refractivity contribution in [2.45, 2.75) is 6.92 Å². The Labute approximate surface area is 77.6 Å². The fourth-order valence-corrected chi connectivity index (χ4v) is 1.48. The van der Waals surface area contributed by atoms with Crippen LogP contribution < -0.4 is 0 Å². The summed E-state index contributed by atoms with van der Waals surface area (Å²) in [5.74, 6) is -0.980. The van der Waals surface area contributed by atoms with Gasteiger partial charge in [0.05, 0.1) is 0 Å². The Hall–Kier alpha value is -0.650. The van der Waals surface area contributed by atoms with Gasteiger partial charge in [-0.3, -0.25) is 0 Å². The van der Waals surface area contributed by atoms with E-state index < -0.39 is 5.97 Å². The van der Waals surface area contributed by atoms with Crippen LogP contribution >= 0.6 is 22.6 Å². The van der Waals surface area contributed by atoms with Gasteiger partial charge in [-0.2, -0.15) is 0 Å². The van der Waals surface area contributed by atoms with Crippen LogP contribution in [-0.2, 0) is 0 Å². The Balaban J connectivity index is 3.19. The summed E-state index contributed by atoms with van der Waals surface area (Å²) in [5.41, 5.74) is 0.837. The smallest absolute Gasteiger partial charge is 0.354 e. The molecule has 3 nitrogen and oxygen atoms in total. The molecule has 0 aromatic carbocycles. The molecule has 1 heterocycles. The third-order valence-corrected chi connectivity index (χ3v) is 1.76. The molecule has 0 radical (unpaired) electrons. The quantitative estimate of drug-likeness (QED) is 0.784. The lowest BCUT2D eigenvalue weighted by Crippen LogP contribution is -2.01. The number of rotatable bonds is 1. The molecule has 58 valence electrons. The normalized spacial score (nSPS) is 9.64. The summed E-state index contributed by atoms with van der Waals surface area (Å²) in [6.45, 7) is 1.77. The SMILES string of the molecule is Cc1cc(I)cc(C(=O)O)n1. The van der Waals surface area contributed by atoms with Crippen LogP contribution in [0.1, 0.15) is 16.2 Å². The highest BCUT2D eigenvalue weighted by atomic mass is 127. The van der Waals surface area contributed by atoms with Crippen LogP contribution in [0.3, 0.4) is 0 Å². The third kappa shape index (κ3) is 2.14. The second kappa shape index (κ2) is 3.17. The minimum atomic E-state index is -0.980. The largest absolute Gasteiger partial charge is 0.477 e. The molecule has 1 aromatic rings. The second-order valence-electron chi connectivity index (χ2n) is 2.12. The molecule has 0 saturated carbocycles. The molecular weight excluding hydrogens is 257 g/mol. The van der Waals surface area contributed by atoms with Gasteiger partial charge in [0.2, 0.25) is 0 Å². The minimum absolute atomic E-state index is 0.106. The average Bonchev–Trinajstić information content (AvgIpc) is 1.85. The maximum atomic E-state index is 10.4. The fraction of sp³-hybridized carbons (Fsp3) is 0.143. The number of carbonyl (C=O) groups is 1. The van der Waals surface area contributed by atoms with Crippen LogP contribution in [-0.4, -0.2) is 16.1 Å². The molecule has 0 aliphatic rings. The zero-order chi connectivity index (χ0) is 8.43. The molecule has 0 saturated heterocycles. The van der Waals surface area contributed by atoms with Crippen molar-refractivity contribution in [2.75, 3.05) is 0 Å². The lowest BCUT2D eigenvalue weighted by Gasteiger charge is -1.96. The van der Waals surface area contributed by atoms with Crippen LogP contribution in [0.5, 0.6) is 0 Å². The van der Waals surface area contributed by atoms with Crippen LogP contribution in [0.2, 0.25) is 0 Å². The van der Waals surface area contributed by atoms with Gasteiger partial charge in [-0.05, 0) is 41.6 Å². The highest BCUT2D eigenvalue weighted by molar-refractivity contribution is 14.1. The van der Waals surface area contributed by atoms with Crippen molar-refractivity contribution in [2.24, 2.45) is 0 Å². The molecule has 0 spiro atoms. The molecular formula is C7H6INO2. The Morgan fingerprint density at radius 1 is 1.64 bits per heavy atom. The lowest BCUT2D eigenvalue weighted by atomic mass is 10.3. The number of carboxylic acid groups (broad SMARTS) is 1. The van der Waals surface area contributed by atoms with Crippen LogP contribution in [0.15, 0.2) is 12.1 Å². The first kappa shape index (κ1) is 8.45. The van der Waals surface area contributed by atoms with Crippen molar-refractivity contribution in [3.05, 3.63) is 27.1 Å². The summed E-state index contributed by atoms with van der Waals surface area (Å²) >= 11 is 2.06. The van der Waals surface area contributed by atoms with Crippen molar-refractivity contribution in [1.82, 2.24) is 4.98 Å². The molecule has 11 heavy (non-hydrogen) atoms. The Morgan fingerprint density at radius 2 is 2.27 bits per heavy atom. The number of pyridine rings is 1. The molecule has 4 heteroatoms. The highest BCUT2D eigenvalue weighted by Crippen LogP contribution is 2.07. The topological polar surface area (TPSA) is 50.2 Å². The maximum Gasteiger partial charge on any atom is 0.354 e. The van der Waals surface area contributed by atoms with E-state index >= 15 is 0 Å². The summed E-state index contributed by atoms with van der Waals surface area (Å²) in [5, 5.41) is 8.57. The van der Waals surface area contributed by atoms with E-state index in [-0.39, 0.29) is 5.69 Å². The van der Waals surface area contributed by atoms with E-state index in [0.29, 0.717) is 0 Å². The summed E-state index contributed by atoms with van der Waals surface area (Å²) in [4.78, 5) is 14.3. The van der Waals surface area contributed by atoms with Gasteiger partial charge in [-0.25, -0.2) is 9.78 Å². The van der Waals surface area contributed by atoms with Gasteiger partial charge in [0.15, 0.2) is 0 Å². The van der Waals surface area contributed by atoms with E-state index in [1.54, 1.807) is 6.92 Å². The summed E-state index contributed by atoms with van der Waals surface area (Å²) in [6.07, 6.45) is 0. The molecule has 0 aliphatic carbocycles. The number of carboxylic acids is 1. The van der Waals surface area contributed by atoms with Gasteiger partial charge in [-0.1, -0.05) is 0 Å². The monoisotopic (exact) mass is 263 g/mol. The van der Waals surface area contributed by atoms with Gasteiger partial charge in [-0.15, -0.1) is 0 Å². The van der Waals surface area contributed by atoms with Crippen LogP contribution in [0.25, 0.3) is 0 Å². The van der Waals surface area contributed by atoms with E-state index in [9.17, 15) is 4.79 Å². The fourth-order valence-electron chi connectivity index (χ4n) is 0.736. The van der Waals surface area contributed by atoms with E-state index in [1.165, 1.54) is 6.07 Å². The van der Waals surface area contributed by atoms with Crippen molar-refractivity contribution < 1.29 is 9.90 Å². The maximum absolute atomic E-state index is 10.4. The number of aromatic carboxylic acids is 1. The Bertz CT molecular complexity index is 278. The predicted octanol–water partition coefficient (Wildman–Crippen LogP) is 1.69. The Morgan fingerprint density at radius 3 is 2.73 bits per heavy atom. The molecule has 0 aliphatic heterocycles. The number of nitrogens with zero attached hydrogens (tertiary/aromatic N) is 1. The van der Waals surface area contributed by atoms with Crippen LogP contribution in [0.4, 0.5) is 0 Å². The molecule has 1 aromatic heterocycles. The number of hydrogen-bond donors (Lipinski definition) is 1. The van der Waals surface area contributed by atoms with Crippen molar-refractivity contribution in [3.8, 4) is 0 Å². The van der Waals surface area contributed by atoms with Crippen molar-refractivity contribution >= 4 is 28.6 Å². The van der Waals surface area contributed by atoms with Gasteiger partial charge in [0, 0.05) is 9.26 Å². The molecule has 0 atom stereocenters. The van der Waals surface area contributed by atoms with Crippen LogP contribution in [0, 0.1) is 10.5 Å². The third-order valence-electron chi connectivity index (χ3n) is 1.14. The number of halogens is 1. The Kier molecular flexibility index (Phi) is 2.43. The second-order valence-corrected chi connectivity index (χ2v) is 3.36. The molecule has 0 amide bonds. The first-order valence-corrected chi connectivity index (χ1v) is 4.05. The van der Waals surface area contributed by atoms with E-state index in [2.05, 4.69) is 27.6 Å². The molecule has 0 fully saturated rings. The molecule has 1 N–H and O–H groups in total. The summed E-state index contributed by atoms with van der Waals surface area (Å²) in [6, 6.07) is 3.36. The lowest BCUT2D eigenvalue weighted by molar-refractivity contribution is 0.0690. The van der Waals surface area contributed by atoms with Gasteiger partial charge in [0.1, 0.15) is 5.69 Å². The van der Waals surface area contributed by atoms with E-state index in [1.807, 2.05) is 6.07 Å². The number of hydrogen-bond acceptors (Lipinski definition) is 2. The first-order chi connectivity index (χ1) is 5.09. The predicted molar refractivity (Wildman–Crippen MR) is 48.7 cm³/mol.